The molecule has 0 aliphatic heterocycles. The zero-order valence-electron chi connectivity index (χ0n) is 19.7. The van der Waals surface area contributed by atoms with Gasteiger partial charge in [0.15, 0.2) is 9.84 Å². The Labute approximate surface area is 210 Å². The molecule has 2 aromatic rings. The van der Waals surface area contributed by atoms with Crippen LogP contribution in [0.5, 0.6) is 0 Å². The van der Waals surface area contributed by atoms with Crippen molar-refractivity contribution in [1.82, 2.24) is 15.1 Å². The Balaban J connectivity index is 2.37. The average molecular weight is 552 g/mol. The molecule has 1 aromatic heterocycles. The Morgan fingerprint density at radius 3 is 2.50 bits per heavy atom. The van der Waals surface area contributed by atoms with Crippen LogP contribution in [0.1, 0.15) is 19.7 Å². The number of allylic oxidation sites excluding steroid dienone is 2. The third kappa shape index (κ3) is 8.03. The molecule has 1 heterocycles. The van der Waals surface area contributed by atoms with Crippen LogP contribution in [0.15, 0.2) is 49.3 Å². The number of esters is 1. The van der Waals surface area contributed by atoms with Gasteiger partial charge in [0.1, 0.15) is 24.6 Å². The molecular formula is C21H25ClF3N5O5S. The molecule has 1 aromatic carbocycles. The highest BCUT2D eigenvalue weighted by atomic mass is 35.5. The minimum Gasteiger partial charge on any atom is -0.463 e. The minimum atomic E-state index is -5.01. The van der Waals surface area contributed by atoms with Gasteiger partial charge in [0.25, 0.3) is 5.89 Å². The average Bonchev–Trinajstić information content (AvgIpc) is 3.30. The molecule has 0 saturated carbocycles. The molecule has 2 N–H and O–H groups in total. The van der Waals surface area contributed by atoms with Crippen LogP contribution in [-0.4, -0.2) is 80.4 Å². The number of sulfone groups is 1. The Bertz CT molecular complexity index is 1240. The van der Waals surface area contributed by atoms with E-state index in [0.29, 0.717) is 6.54 Å². The van der Waals surface area contributed by atoms with Gasteiger partial charge in [0.2, 0.25) is 5.89 Å². The van der Waals surface area contributed by atoms with Gasteiger partial charge in [-0.15, -0.1) is 10.2 Å². The number of hydrogen-bond acceptors (Lipinski definition) is 10. The normalized spacial score (nSPS) is 13.6. The number of aromatic nitrogens is 2. The lowest BCUT2D eigenvalue weighted by Crippen LogP contribution is -2.28. The van der Waals surface area contributed by atoms with E-state index < -0.39 is 50.9 Å². The number of alkyl halides is 3. The smallest absolute Gasteiger partial charge is 0.432 e. The fourth-order valence-electron chi connectivity index (χ4n) is 2.80. The summed E-state index contributed by atoms with van der Waals surface area (Å²) < 4.78 is 73.6. The van der Waals surface area contributed by atoms with Crippen molar-refractivity contribution in [2.24, 2.45) is 10.7 Å². The first kappa shape index (κ1) is 29.3. The predicted octanol–water partition coefficient (Wildman–Crippen LogP) is 2.79. The van der Waals surface area contributed by atoms with Gasteiger partial charge in [-0.25, -0.2) is 8.42 Å². The summed E-state index contributed by atoms with van der Waals surface area (Å²) in [6.07, 6.45) is -4.00. The predicted molar refractivity (Wildman–Crippen MR) is 126 cm³/mol. The van der Waals surface area contributed by atoms with Gasteiger partial charge in [-0.05, 0) is 31.3 Å². The van der Waals surface area contributed by atoms with Crippen molar-refractivity contribution in [1.29, 1.82) is 0 Å². The fraction of sp³-hybridized carbons (Fsp3) is 0.429. The lowest BCUT2D eigenvalue weighted by molar-refractivity contribution is -0.142. The molecule has 0 spiro atoms. The lowest BCUT2D eigenvalue weighted by atomic mass is 10.2. The molecule has 15 heteroatoms. The zero-order valence-corrected chi connectivity index (χ0v) is 21.2. The number of halogens is 4. The molecule has 0 radical (unpaired) electrons. The molecule has 36 heavy (non-hydrogen) atoms. The molecule has 0 aliphatic rings. The number of aliphatic imine (C=N–C) groups is 1. The minimum absolute atomic E-state index is 0.0414. The van der Waals surface area contributed by atoms with Crippen molar-refractivity contribution in [2.75, 3.05) is 39.0 Å². The van der Waals surface area contributed by atoms with Crippen molar-refractivity contribution in [3.63, 3.8) is 0 Å². The third-order valence-corrected chi connectivity index (χ3v) is 6.31. The first-order valence-electron chi connectivity index (χ1n) is 10.6. The molecule has 0 amide bonds. The second-order valence-corrected chi connectivity index (χ2v) is 9.74. The fourth-order valence-corrected chi connectivity index (χ4v) is 3.71. The topological polar surface area (TPSA) is 141 Å². The van der Waals surface area contributed by atoms with Crippen LogP contribution in [0.3, 0.4) is 0 Å². The summed E-state index contributed by atoms with van der Waals surface area (Å²) in [7, 11) is -3.56. The number of carbonyl (C=O) groups excluding carboxylic acids is 1. The van der Waals surface area contributed by atoms with Crippen molar-refractivity contribution in [3.8, 4) is 11.5 Å². The maximum absolute atomic E-state index is 13.2. The second kappa shape index (κ2) is 12.3. The first-order chi connectivity index (χ1) is 16.8. The van der Waals surface area contributed by atoms with E-state index in [9.17, 15) is 26.4 Å². The zero-order chi connectivity index (χ0) is 27.1. The van der Waals surface area contributed by atoms with Crippen molar-refractivity contribution in [2.45, 2.75) is 24.9 Å². The Kier molecular flexibility index (Phi) is 10.0. The van der Waals surface area contributed by atoms with Crippen LogP contribution in [0.2, 0.25) is 0 Å². The monoisotopic (exact) mass is 551 g/mol. The van der Waals surface area contributed by atoms with Crippen LogP contribution in [0.25, 0.3) is 11.5 Å². The summed E-state index contributed by atoms with van der Waals surface area (Å²) in [6.45, 7) is 5.21. The largest absolute Gasteiger partial charge is 0.463 e. The summed E-state index contributed by atoms with van der Waals surface area (Å²) in [6, 6.07) is 5.47. The lowest BCUT2D eigenvalue weighted by Gasteiger charge is -2.17. The number of ether oxygens (including phenoxy) is 1. The van der Waals surface area contributed by atoms with Gasteiger partial charge < -0.3 is 19.8 Å². The molecule has 0 unspecified atom stereocenters. The molecule has 0 fully saturated rings. The molecule has 2 rings (SSSR count). The summed E-state index contributed by atoms with van der Waals surface area (Å²) >= 11 is 5.86. The summed E-state index contributed by atoms with van der Waals surface area (Å²) in [5.41, 5.74) is 2.95. The number of hydrogen-bond donors (Lipinski definition) is 1. The van der Waals surface area contributed by atoms with Gasteiger partial charge >= 0.3 is 12.1 Å². The highest BCUT2D eigenvalue weighted by molar-refractivity contribution is 7.90. The van der Waals surface area contributed by atoms with Gasteiger partial charge in [-0.1, -0.05) is 31.5 Å². The van der Waals surface area contributed by atoms with E-state index in [1.807, 2.05) is 18.7 Å². The first-order valence-corrected chi connectivity index (χ1v) is 12.8. The van der Waals surface area contributed by atoms with E-state index in [1.54, 1.807) is 0 Å². The number of rotatable bonds is 11. The molecule has 198 valence electrons. The van der Waals surface area contributed by atoms with E-state index in [2.05, 4.69) is 15.2 Å². The summed E-state index contributed by atoms with van der Waals surface area (Å²) in [4.78, 5) is 17.9. The molecule has 0 atom stereocenters. The van der Waals surface area contributed by atoms with Crippen LogP contribution < -0.4 is 5.73 Å². The van der Waals surface area contributed by atoms with Gasteiger partial charge in [0.05, 0.1) is 9.93 Å². The Morgan fingerprint density at radius 1 is 1.25 bits per heavy atom. The third-order valence-electron chi connectivity index (χ3n) is 4.82. The van der Waals surface area contributed by atoms with Gasteiger partial charge in [-0.3, -0.25) is 9.79 Å². The number of nitrogens with zero attached hydrogens (tertiary/aromatic N) is 4. The molecule has 0 aliphatic carbocycles. The molecule has 0 bridgehead atoms. The van der Waals surface area contributed by atoms with E-state index in [-0.39, 0.29) is 23.0 Å². The van der Waals surface area contributed by atoms with Gasteiger partial charge in [0, 0.05) is 18.4 Å². The van der Waals surface area contributed by atoms with Crippen LogP contribution in [0.4, 0.5) is 13.2 Å². The maximum atomic E-state index is 13.2. The highest BCUT2D eigenvalue weighted by Gasteiger charge is 2.36. The SMILES string of the molecule is CCN(CC)CCOC(=O)CN=C(/C(Cl)=C(\N)C(F)(F)F)c1nnc(-c2cccc(S(C)(=O)=O)c2)o1. The number of benzene rings is 1. The van der Waals surface area contributed by atoms with Crippen LogP contribution in [0, 0.1) is 0 Å². The van der Waals surface area contributed by atoms with E-state index in [0.717, 1.165) is 19.3 Å². The number of likely N-dealkylation sites (N-methyl/N-ethyl adjacent to an activating group) is 1. The van der Waals surface area contributed by atoms with Crippen LogP contribution in [-0.2, 0) is 19.4 Å². The van der Waals surface area contributed by atoms with Crippen molar-refractivity contribution < 1.29 is 35.5 Å². The molecule has 10 nitrogen and oxygen atoms in total. The highest BCUT2D eigenvalue weighted by Crippen LogP contribution is 2.29. The Morgan fingerprint density at radius 2 is 1.92 bits per heavy atom. The Hall–Kier alpha value is -2.97. The molecule has 0 saturated heterocycles. The quantitative estimate of drug-likeness (QED) is 0.329. The second-order valence-electron chi connectivity index (χ2n) is 7.35. The summed E-state index contributed by atoms with van der Waals surface area (Å²) in [5.74, 6) is -1.61. The standard InChI is InChI=1S/C21H25ClF3N5O5S/c1-4-30(5-2)9-10-34-15(31)12-27-17(16(22)18(26)21(23,24)25)20-29-28-19(35-20)13-7-6-8-14(11-13)36(3,32)33/h6-8,11H,4-5,9-10,12,26H2,1-3H3/b18-16+,27-17?. The maximum Gasteiger partial charge on any atom is 0.432 e. The summed E-state index contributed by atoms with van der Waals surface area (Å²) in [5, 5.41) is 6.33. The van der Waals surface area contributed by atoms with E-state index in [4.69, 9.17) is 26.5 Å². The van der Waals surface area contributed by atoms with E-state index >= 15 is 0 Å². The number of carbonyl (C=O) groups is 1. The van der Waals surface area contributed by atoms with Gasteiger partial charge in [-0.2, -0.15) is 13.2 Å². The van der Waals surface area contributed by atoms with Crippen LogP contribution >= 0.6 is 11.6 Å². The number of nitrogens with two attached hydrogens (primary N) is 1. The molecular weight excluding hydrogens is 527 g/mol. The van der Waals surface area contributed by atoms with Crippen molar-refractivity contribution in [3.05, 3.63) is 40.9 Å². The van der Waals surface area contributed by atoms with Crippen molar-refractivity contribution >= 4 is 33.1 Å². The van der Waals surface area contributed by atoms with E-state index in [1.165, 1.54) is 24.3 Å².